The van der Waals surface area contributed by atoms with E-state index in [4.69, 9.17) is 0 Å². The van der Waals surface area contributed by atoms with Crippen molar-refractivity contribution in [1.82, 2.24) is 4.90 Å². The van der Waals surface area contributed by atoms with Crippen LogP contribution in [-0.4, -0.2) is 23.0 Å². The fourth-order valence-corrected chi connectivity index (χ4v) is 2.87. The highest BCUT2D eigenvalue weighted by Gasteiger charge is 2.25. The molecule has 0 aromatic rings. The van der Waals surface area contributed by atoms with Gasteiger partial charge in [-0.3, -0.25) is 4.90 Å². The van der Waals surface area contributed by atoms with Crippen LogP contribution in [0.1, 0.15) is 68.2 Å². The number of hydrogen-bond donors (Lipinski definition) is 0. The van der Waals surface area contributed by atoms with Crippen LogP contribution in [0.5, 0.6) is 0 Å². The van der Waals surface area contributed by atoms with Crippen LogP contribution in [0.25, 0.3) is 0 Å². The Hall–Kier alpha value is -0.0400. The fraction of sp³-hybridized carbons (Fsp3) is 1.00. The number of hydrogen-bond acceptors (Lipinski definition) is 1. The predicted octanol–water partition coefficient (Wildman–Crippen LogP) is 4.57. The van der Waals surface area contributed by atoms with E-state index in [0.29, 0.717) is 12.1 Å². The van der Waals surface area contributed by atoms with Gasteiger partial charge in [0.1, 0.15) is 0 Å². The molecule has 0 fully saturated rings. The SMILES string of the molecule is CC(C)CC(CC(C)C)N(C(C)C)C(C)C. The molecule has 0 unspecified atom stereocenters. The van der Waals surface area contributed by atoms with Crippen molar-refractivity contribution < 1.29 is 0 Å². The van der Waals surface area contributed by atoms with E-state index in [9.17, 15) is 0 Å². The van der Waals surface area contributed by atoms with Gasteiger partial charge in [0, 0.05) is 18.1 Å². The second-order valence-electron chi connectivity index (χ2n) is 6.55. The van der Waals surface area contributed by atoms with Gasteiger partial charge in [-0.25, -0.2) is 0 Å². The molecule has 0 rings (SSSR count). The molecule has 0 saturated carbocycles. The summed E-state index contributed by atoms with van der Waals surface area (Å²) in [6, 6.07) is 2.06. The van der Waals surface area contributed by atoms with E-state index in [0.717, 1.165) is 17.9 Å². The van der Waals surface area contributed by atoms with E-state index in [2.05, 4.69) is 60.3 Å². The summed E-state index contributed by atoms with van der Waals surface area (Å²) in [7, 11) is 0. The Morgan fingerprint density at radius 1 is 0.625 bits per heavy atom. The minimum absolute atomic E-state index is 0.655. The summed E-state index contributed by atoms with van der Waals surface area (Å²) < 4.78 is 0. The molecule has 16 heavy (non-hydrogen) atoms. The maximum absolute atomic E-state index is 2.69. The van der Waals surface area contributed by atoms with Crippen LogP contribution in [-0.2, 0) is 0 Å². The molecular weight excluding hydrogens is 194 g/mol. The van der Waals surface area contributed by atoms with Crippen LogP contribution in [0.4, 0.5) is 0 Å². The lowest BCUT2D eigenvalue weighted by Gasteiger charge is -2.40. The van der Waals surface area contributed by atoms with E-state index < -0.39 is 0 Å². The van der Waals surface area contributed by atoms with E-state index in [-0.39, 0.29) is 0 Å². The van der Waals surface area contributed by atoms with Crippen molar-refractivity contribution in [3.8, 4) is 0 Å². The molecule has 1 heteroatoms. The van der Waals surface area contributed by atoms with Crippen molar-refractivity contribution in [3.05, 3.63) is 0 Å². The molecular formula is C15H33N. The monoisotopic (exact) mass is 227 g/mol. The van der Waals surface area contributed by atoms with Gasteiger partial charge < -0.3 is 0 Å². The molecule has 0 atom stereocenters. The maximum Gasteiger partial charge on any atom is 0.0105 e. The first kappa shape index (κ1) is 16.0. The third kappa shape index (κ3) is 5.89. The zero-order valence-electron chi connectivity index (χ0n) is 12.7. The van der Waals surface area contributed by atoms with E-state index in [1.807, 2.05) is 0 Å². The van der Waals surface area contributed by atoms with Crippen LogP contribution < -0.4 is 0 Å². The van der Waals surface area contributed by atoms with Gasteiger partial charge in [0.2, 0.25) is 0 Å². The fourth-order valence-electron chi connectivity index (χ4n) is 2.87. The highest BCUT2D eigenvalue weighted by molar-refractivity contribution is 4.79. The summed E-state index contributed by atoms with van der Waals surface area (Å²) in [5, 5.41) is 0. The standard InChI is InChI=1S/C15H33N/c1-11(2)9-15(10-12(3)4)16(13(5)6)14(7)8/h11-15H,9-10H2,1-8H3. The van der Waals surface area contributed by atoms with Crippen molar-refractivity contribution in [1.29, 1.82) is 0 Å². The molecule has 0 spiro atoms. The zero-order valence-corrected chi connectivity index (χ0v) is 12.7. The van der Waals surface area contributed by atoms with Crippen LogP contribution in [0, 0.1) is 11.8 Å². The first-order valence-electron chi connectivity index (χ1n) is 7.03. The quantitative estimate of drug-likeness (QED) is 0.616. The molecule has 0 aliphatic carbocycles. The van der Waals surface area contributed by atoms with Gasteiger partial charge in [0.25, 0.3) is 0 Å². The Morgan fingerprint density at radius 2 is 0.938 bits per heavy atom. The lowest BCUT2D eigenvalue weighted by atomic mass is 9.92. The van der Waals surface area contributed by atoms with Gasteiger partial charge in [0.05, 0.1) is 0 Å². The molecule has 0 aliphatic heterocycles. The van der Waals surface area contributed by atoms with Crippen LogP contribution in [0.2, 0.25) is 0 Å². The van der Waals surface area contributed by atoms with Gasteiger partial charge in [0.15, 0.2) is 0 Å². The Morgan fingerprint density at radius 3 is 1.12 bits per heavy atom. The lowest BCUT2D eigenvalue weighted by molar-refractivity contribution is 0.0836. The summed E-state index contributed by atoms with van der Waals surface area (Å²) in [5.74, 6) is 1.59. The molecule has 0 saturated heterocycles. The molecule has 0 amide bonds. The third-order valence-corrected chi connectivity index (χ3v) is 3.10. The molecule has 0 radical (unpaired) electrons. The number of rotatable bonds is 7. The van der Waals surface area contributed by atoms with Crippen LogP contribution in [0.15, 0.2) is 0 Å². The van der Waals surface area contributed by atoms with Crippen molar-refractivity contribution in [2.24, 2.45) is 11.8 Å². The van der Waals surface area contributed by atoms with Gasteiger partial charge in [-0.2, -0.15) is 0 Å². The maximum atomic E-state index is 2.69. The Labute approximate surface area is 104 Å². The molecule has 0 bridgehead atoms. The minimum atomic E-state index is 0.655. The van der Waals surface area contributed by atoms with Crippen LogP contribution in [0.3, 0.4) is 0 Å². The molecule has 0 N–H and O–H groups in total. The molecule has 98 valence electrons. The van der Waals surface area contributed by atoms with Gasteiger partial charge in [-0.05, 0) is 52.4 Å². The summed E-state index contributed by atoms with van der Waals surface area (Å²) in [6.45, 7) is 18.7. The largest absolute Gasteiger partial charge is 0.296 e. The summed E-state index contributed by atoms with van der Waals surface area (Å²) in [5.41, 5.74) is 0. The molecule has 0 heterocycles. The van der Waals surface area contributed by atoms with Gasteiger partial charge in [-0.15, -0.1) is 0 Å². The van der Waals surface area contributed by atoms with Crippen molar-refractivity contribution in [3.63, 3.8) is 0 Å². The Kier molecular flexibility index (Phi) is 7.30. The van der Waals surface area contributed by atoms with E-state index in [1.165, 1.54) is 12.8 Å². The summed E-state index contributed by atoms with van der Waals surface area (Å²) in [6.07, 6.45) is 2.66. The smallest absolute Gasteiger partial charge is 0.0105 e. The zero-order chi connectivity index (χ0) is 12.9. The van der Waals surface area contributed by atoms with Crippen LogP contribution >= 0.6 is 0 Å². The first-order chi connectivity index (χ1) is 7.25. The normalized spacial score (nSPS) is 13.1. The highest BCUT2D eigenvalue weighted by atomic mass is 15.2. The van der Waals surface area contributed by atoms with Gasteiger partial charge >= 0.3 is 0 Å². The second kappa shape index (κ2) is 7.32. The predicted molar refractivity (Wildman–Crippen MR) is 74.8 cm³/mol. The molecule has 0 aromatic carbocycles. The van der Waals surface area contributed by atoms with E-state index >= 15 is 0 Å². The minimum Gasteiger partial charge on any atom is -0.296 e. The molecule has 0 aromatic heterocycles. The average Bonchev–Trinajstić information content (AvgIpc) is 1.98. The average molecular weight is 227 g/mol. The topological polar surface area (TPSA) is 3.24 Å². The second-order valence-corrected chi connectivity index (χ2v) is 6.55. The third-order valence-electron chi connectivity index (χ3n) is 3.10. The van der Waals surface area contributed by atoms with Crippen molar-refractivity contribution >= 4 is 0 Å². The van der Waals surface area contributed by atoms with E-state index in [1.54, 1.807) is 0 Å². The van der Waals surface area contributed by atoms with Crippen molar-refractivity contribution in [2.45, 2.75) is 86.4 Å². The van der Waals surface area contributed by atoms with Crippen molar-refractivity contribution in [2.75, 3.05) is 0 Å². The van der Waals surface area contributed by atoms with Gasteiger partial charge in [-0.1, -0.05) is 27.7 Å². The highest BCUT2D eigenvalue weighted by Crippen LogP contribution is 2.23. The molecule has 0 aliphatic rings. The Bertz CT molecular complexity index is 152. The Balaban J connectivity index is 4.67. The summed E-state index contributed by atoms with van der Waals surface area (Å²) in [4.78, 5) is 2.69. The first-order valence-corrected chi connectivity index (χ1v) is 7.03. The molecule has 1 nitrogen and oxygen atoms in total. The summed E-state index contributed by atoms with van der Waals surface area (Å²) >= 11 is 0. The lowest BCUT2D eigenvalue weighted by Crippen LogP contribution is -2.46. The number of nitrogens with zero attached hydrogens (tertiary/aromatic N) is 1.